The molecule has 2 aliphatic rings. The van der Waals surface area contributed by atoms with E-state index in [4.69, 9.17) is 14.2 Å². The lowest BCUT2D eigenvalue weighted by atomic mass is 9.76. The Hall–Kier alpha value is -4.77. The third kappa shape index (κ3) is 4.24. The Kier molecular flexibility index (Phi) is 6.99. The molecule has 2 heterocycles. The molecule has 40 heavy (non-hydrogen) atoms. The van der Waals surface area contributed by atoms with E-state index in [-0.39, 0.29) is 23.5 Å². The molecule has 0 spiro atoms. The van der Waals surface area contributed by atoms with Gasteiger partial charge in [-0.2, -0.15) is 0 Å². The van der Waals surface area contributed by atoms with Crippen LogP contribution in [0.4, 0.5) is 11.4 Å². The second kappa shape index (κ2) is 10.4. The maximum absolute atomic E-state index is 14.2. The van der Waals surface area contributed by atoms with Gasteiger partial charge in [-0.3, -0.25) is 29.8 Å². The second-order valence-corrected chi connectivity index (χ2v) is 9.65. The van der Waals surface area contributed by atoms with Crippen LogP contribution in [0.5, 0.6) is 11.5 Å². The standard InChI is InChI=1S/C29H27N3O8/c1-38-20-12-9-18(10-13-20)25-23-24(29(30-25,28(35)40-3)16-17-7-5-4-6-8-17)27(34)31(26(23)33)21-14-11-19(32(36)37)15-22(21)39-2/h4-15,23-25,30H,16H2,1-3H3/t23-,24-,25-,29-/m1/s1. The number of nitro benzene ring substituents is 1. The van der Waals surface area contributed by atoms with Crippen molar-refractivity contribution in [3.8, 4) is 11.5 Å². The molecule has 0 saturated carbocycles. The summed E-state index contributed by atoms with van der Waals surface area (Å²) >= 11 is 0. The highest BCUT2D eigenvalue weighted by atomic mass is 16.6. The Labute approximate surface area is 229 Å². The Morgan fingerprint density at radius 2 is 1.68 bits per heavy atom. The van der Waals surface area contributed by atoms with Gasteiger partial charge in [0.15, 0.2) is 0 Å². The zero-order chi connectivity index (χ0) is 28.6. The number of carbonyl (C=O) groups excluding carboxylic acids is 3. The minimum absolute atomic E-state index is 0.0171. The summed E-state index contributed by atoms with van der Waals surface area (Å²) in [6.07, 6.45) is 0.0819. The number of carbonyl (C=O) groups is 3. The molecule has 0 bridgehead atoms. The van der Waals surface area contributed by atoms with E-state index in [0.29, 0.717) is 11.3 Å². The molecule has 4 atom stereocenters. The Bertz CT molecular complexity index is 1480. The molecular weight excluding hydrogens is 518 g/mol. The number of non-ortho nitro benzene ring substituents is 1. The summed E-state index contributed by atoms with van der Waals surface area (Å²) in [7, 11) is 4.07. The molecule has 206 valence electrons. The van der Waals surface area contributed by atoms with Gasteiger partial charge in [-0.1, -0.05) is 42.5 Å². The van der Waals surface area contributed by atoms with Gasteiger partial charge in [0.25, 0.3) is 5.69 Å². The van der Waals surface area contributed by atoms with Gasteiger partial charge < -0.3 is 14.2 Å². The lowest BCUT2D eigenvalue weighted by molar-refractivity contribution is -0.384. The van der Waals surface area contributed by atoms with Crippen LogP contribution < -0.4 is 19.7 Å². The third-order valence-corrected chi connectivity index (χ3v) is 7.62. The van der Waals surface area contributed by atoms with Gasteiger partial charge in [-0.25, -0.2) is 4.90 Å². The van der Waals surface area contributed by atoms with Crippen molar-refractivity contribution in [3.05, 3.63) is 94.0 Å². The van der Waals surface area contributed by atoms with Crippen molar-refractivity contribution in [3.63, 3.8) is 0 Å². The first-order chi connectivity index (χ1) is 19.2. The van der Waals surface area contributed by atoms with Crippen molar-refractivity contribution in [2.45, 2.75) is 18.0 Å². The number of nitrogens with zero attached hydrogens (tertiary/aromatic N) is 2. The number of methoxy groups -OCH3 is 3. The molecular formula is C29H27N3O8. The highest BCUT2D eigenvalue weighted by Gasteiger charge is 2.69. The van der Waals surface area contributed by atoms with Gasteiger partial charge in [-0.05, 0) is 29.3 Å². The second-order valence-electron chi connectivity index (χ2n) is 9.65. The van der Waals surface area contributed by atoms with E-state index < -0.39 is 46.1 Å². The van der Waals surface area contributed by atoms with Gasteiger partial charge in [-0.15, -0.1) is 0 Å². The fourth-order valence-electron chi connectivity index (χ4n) is 5.83. The molecule has 2 saturated heterocycles. The monoisotopic (exact) mass is 545 g/mol. The van der Waals surface area contributed by atoms with E-state index in [2.05, 4.69) is 5.32 Å². The van der Waals surface area contributed by atoms with Crippen molar-refractivity contribution >= 4 is 29.2 Å². The SMILES string of the molecule is COC(=O)[C@]1(Cc2ccccc2)N[C@H](c2ccc(OC)cc2)[C@@H]2C(=O)N(c3ccc([N+](=O)[O-])cc3OC)C(=O)[C@@H]21. The van der Waals surface area contributed by atoms with Crippen LogP contribution in [0.25, 0.3) is 0 Å². The summed E-state index contributed by atoms with van der Waals surface area (Å²) in [5.74, 6) is -3.41. The Balaban J connectivity index is 1.67. The average molecular weight is 546 g/mol. The lowest BCUT2D eigenvalue weighted by Gasteiger charge is -2.33. The minimum Gasteiger partial charge on any atom is -0.497 e. The molecule has 0 radical (unpaired) electrons. The number of amides is 2. The summed E-state index contributed by atoms with van der Waals surface area (Å²) in [5, 5.41) is 14.7. The summed E-state index contributed by atoms with van der Waals surface area (Å²) in [5.41, 5.74) is -0.342. The molecule has 5 rings (SSSR count). The van der Waals surface area contributed by atoms with Crippen molar-refractivity contribution in [2.24, 2.45) is 11.8 Å². The topological polar surface area (TPSA) is 137 Å². The predicted molar refractivity (Wildman–Crippen MR) is 143 cm³/mol. The van der Waals surface area contributed by atoms with Crippen LogP contribution in [0.15, 0.2) is 72.8 Å². The van der Waals surface area contributed by atoms with Crippen LogP contribution in [0.1, 0.15) is 17.2 Å². The van der Waals surface area contributed by atoms with Gasteiger partial charge >= 0.3 is 5.97 Å². The zero-order valence-electron chi connectivity index (χ0n) is 22.0. The molecule has 0 aliphatic carbocycles. The van der Waals surface area contributed by atoms with E-state index in [1.54, 1.807) is 24.3 Å². The first-order valence-electron chi connectivity index (χ1n) is 12.5. The molecule has 3 aromatic rings. The van der Waals surface area contributed by atoms with Crippen LogP contribution >= 0.6 is 0 Å². The number of nitrogens with one attached hydrogen (secondary N) is 1. The maximum Gasteiger partial charge on any atom is 0.327 e. The molecule has 2 amide bonds. The van der Waals surface area contributed by atoms with Crippen LogP contribution in [-0.4, -0.2) is 49.6 Å². The molecule has 11 heteroatoms. The normalized spacial score (nSPS) is 23.6. The smallest absolute Gasteiger partial charge is 0.327 e. The van der Waals surface area contributed by atoms with Gasteiger partial charge in [0, 0.05) is 18.5 Å². The van der Waals surface area contributed by atoms with Crippen LogP contribution in [0.2, 0.25) is 0 Å². The van der Waals surface area contributed by atoms with E-state index in [0.717, 1.165) is 16.5 Å². The summed E-state index contributed by atoms with van der Waals surface area (Å²) in [6, 6.07) is 19.1. The largest absolute Gasteiger partial charge is 0.497 e. The maximum atomic E-state index is 14.2. The molecule has 11 nitrogen and oxygen atoms in total. The minimum atomic E-state index is -1.58. The number of imide groups is 1. The molecule has 0 unspecified atom stereocenters. The molecule has 1 N–H and O–H groups in total. The summed E-state index contributed by atoms with van der Waals surface area (Å²) in [4.78, 5) is 53.7. The number of hydrogen-bond acceptors (Lipinski definition) is 9. The number of nitro groups is 1. The average Bonchev–Trinajstić information content (AvgIpc) is 3.45. The molecule has 0 aromatic heterocycles. The van der Waals surface area contributed by atoms with E-state index >= 15 is 0 Å². The number of rotatable bonds is 8. The van der Waals surface area contributed by atoms with E-state index in [1.807, 2.05) is 30.3 Å². The van der Waals surface area contributed by atoms with Gasteiger partial charge in [0.2, 0.25) is 11.8 Å². The van der Waals surface area contributed by atoms with Crippen molar-refractivity contribution in [2.75, 3.05) is 26.2 Å². The number of anilines is 1. The lowest BCUT2D eigenvalue weighted by Crippen LogP contribution is -2.57. The number of fused-ring (bicyclic) bond motifs is 1. The van der Waals surface area contributed by atoms with Crippen molar-refractivity contribution in [1.82, 2.24) is 5.32 Å². The van der Waals surface area contributed by atoms with E-state index in [9.17, 15) is 24.5 Å². The fraction of sp³-hybridized carbons (Fsp3) is 0.276. The highest BCUT2D eigenvalue weighted by molar-refractivity contribution is 6.25. The number of benzene rings is 3. The molecule has 2 fully saturated rings. The first-order valence-corrected chi connectivity index (χ1v) is 12.5. The first kappa shape index (κ1) is 26.8. The zero-order valence-corrected chi connectivity index (χ0v) is 22.0. The van der Waals surface area contributed by atoms with Gasteiger partial charge in [0.05, 0.1) is 49.8 Å². The number of hydrogen-bond donors (Lipinski definition) is 1. The van der Waals surface area contributed by atoms with Crippen LogP contribution in [0, 0.1) is 22.0 Å². The highest BCUT2D eigenvalue weighted by Crippen LogP contribution is 2.52. The van der Waals surface area contributed by atoms with Crippen molar-refractivity contribution < 1.29 is 33.5 Å². The summed E-state index contributed by atoms with van der Waals surface area (Å²) < 4.78 is 15.9. The number of ether oxygens (including phenoxy) is 3. The third-order valence-electron chi connectivity index (χ3n) is 7.62. The summed E-state index contributed by atoms with van der Waals surface area (Å²) in [6.45, 7) is 0. The quantitative estimate of drug-likeness (QED) is 0.196. The Morgan fingerprint density at radius 1 is 0.975 bits per heavy atom. The Morgan fingerprint density at radius 3 is 2.27 bits per heavy atom. The van der Waals surface area contributed by atoms with Crippen LogP contribution in [0.3, 0.4) is 0 Å². The molecule has 3 aromatic carbocycles. The van der Waals surface area contributed by atoms with Crippen LogP contribution in [-0.2, 0) is 25.5 Å². The molecule has 2 aliphatic heterocycles. The van der Waals surface area contributed by atoms with E-state index in [1.165, 1.54) is 33.5 Å². The number of esters is 1. The fourth-order valence-corrected chi connectivity index (χ4v) is 5.83. The predicted octanol–water partition coefficient (Wildman–Crippen LogP) is 3.22. The van der Waals surface area contributed by atoms with Gasteiger partial charge in [0.1, 0.15) is 17.0 Å². The van der Waals surface area contributed by atoms with Crippen molar-refractivity contribution in [1.29, 1.82) is 0 Å².